The zero-order valence-electron chi connectivity index (χ0n) is 5.25. The molecule has 0 aromatic heterocycles. The van der Waals surface area contributed by atoms with Crippen molar-refractivity contribution < 1.29 is 0 Å². The van der Waals surface area contributed by atoms with E-state index in [1.54, 1.807) is 0 Å². The highest BCUT2D eigenvalue weighted by atomic mass is 15.3. The predicted molar refractivity (Wildman–Crippen MR) is 37.9 cm³/mol. The van der Waals surface area contributed by atoms with Crippen molar-refractivity contribution in [2.45, 2.75) is 6.04 Å². The van der Waals surface area contributed by atoms with E-state index >= 15 is 0 Å². The zero-order chi connectivity index (χ0) is 6.27. The number of hydrogen-bond donors (Lipinski definition) is 0. The molecule has 0 spiro atoms. The van der Waals surface area contributed by atoms with Gasteiger partial charge in [-0.05, 0) is 11.8 Å². The largest absolute Gasteiger partial charge is 0.367 e. The first-order valence-corrected chi connectivity index (χ1v) is 3.18. The topological polar surface area (TPSA) is 3.01 Å². The Hall–Kier alpha value is -0.980. The van der Waals surface area contributed by atoms with Crippen LogP contribution in [0.2, 0.25) is 0 Å². The Morgan fingerprint density at radius 1 is 1.78 bits per heavy atom. The highest BCUT2D eigenvalue weighted by molar-refractivity contribution is 5.42. The predicted octanol–water partition coefficient (Wildman–Crippen LogP) is 1.31. The lowest BCUT2D eigenvalue weighted by Crippen LogP contribution is -1.98. The number of nitrogens with zero attached hydrogens (tertiary/aromatic N) is 1. The second-order valence-corrected chi connectivity index (χ2v) is 2.42. The van der Waals surface area contributed by atoms with Crippen molar-refractivity contribution in [2.24, 2.45) is 0 Å². The van der Waals surface area contributed by atoms with E-state index in [0.717, 1.165) is 0 Å². The van der Waals surface area contributed by atoms with Crippen LogP contribution in [0.1, 0.15) is 0 Å². The third-order valence-corrected chi connectivity index (χ3v) is 1.85. The van der Waals surface area contributed by atoms with Gasteiger partial charge in [0.1, 0.15) is 0 Å². The average Bonchev–Trinajstić information content (AvgIpc) is 2.42. The third-order valence-electron chi connectivity index (χ3n) is 1.85. The van der Waals surface area contributed by atoms with Gasteiger partial charge in [-0.3, -0.25) is 0 Å². The first kappa shape index (κ1) is 4.86. The summed E-state index contributed by atoms with van der Waals surface area (Å²) in [6.45, 7) is 4.85. The van der Waals surface area contributed by atoms with E-state index in [1.165, 1.54) is 12.1 Å². The van der Waals surface area contributed by atoms with Crippen LogP contribution in [-0.2, 0) is 0 Å². The van der Waals surface area contributed by atoms with E-state index in [4.69, 9.17) is 0 Å². The van der Waals surface area contributed by atoms with Crippen LogP contribution in [0.15, 0.2) is 36.6 Å². The van der Waals surface area contributed by atoms with Crippen molar-refractivity contribution in [1.82, 2.24) is 4.90 Å². The summed E-state index contributed by atoms with van der Waals surface area (Å²) < 4.78 is 0. The molecule has 1 nitrogen and oxygen atoms in total. The van der Waals surface area contributed by atoms with Crippen LogP contribution in [-0.4, -0.2) is 17.5 Å². The van der Waals surface area contributed by atoms with Gasteiger partial charge >= 0.3 is 0 Å². The van der Waals surface area contributed by atoms with Gasteiger partial charge in [0.2, 0.25) is 0 Å². The Bertz CT molecular complexity index is 201. The fourth-order valence-electron chi connectivity index (χ4n) is 1.08. The normalized spacial score (nSPS) is 29.1. The highest BCUT2D eigenvalue weighted by Gasteiger charge is 2.33. The van der Waals surface area contributed by atoms with Crippen molar-refractivity contribution >= 4 is 0 Å². The van der Waals surface area contributed by atoms with Crippen molar-refractivity contribution in [1.29, 1.82) is 0 Å². The first-order chi connectivity index (χ1) is 4.42. The van der Waals surface area contributed by atoms with Crippen molar-refractivity contribution in [2.75, 3.05) is 6.54 Å². The van der Waals surface area contributed by atoms with Gasteiger partial charge in [0.15, 0.2) is 0 Å². The van der Waals surface area contributed by atoms with Gasteiger partial charge in [-0.2, -0.15) is 0 Å². The second kappa shape index (κ2) is 1.50. The number of rotatable bonds is 2. The SMILES string of the molecule is C=CN1CC1C1=CC=C1. The molecular formula is C8H9N. The summed E-state index contributed by atoms with van der Waals surface area (Å²) in [5, 5.41) is 0. The lowest BCUT2D eigenvalue weighted by molar-refractivity contribution is 0.720. The fraction of sp³-hybridized carbons (Fsp3) is 0.250. The molecule has 1 heteroatoms. The highest BCUT2D eigenvalue weighted by Crippen LogP contribution is 2.28. The maximum atomic E-state index is 3.69. The number of allylic oxidation sites excluding steroid dienone is 2. The molecule has 1 unspecified atom stereocenters. The molecule has 1 atom stereocenters. The molecule has 1 heterocycles. The molecule has 0 aromatic carbocycles. The molecule has 2 aliphatic rings. The minimum absolute atomic E-state index is 0.674. The van der Waals surface area contributed by atoms with E-state index in [0.29, 0.717) is 6.04 Å². The van der Waals surface area contributed by atoms with Crippen LogP contribution in [0.4, 0.5) is 0 Å². The summed E-state index contributed by atoms with van der Waals surface area (Å²) in [4.78, 5) is 2.22. The molecule has 1 fully saturated rings. The molecule has 0 radical (unpaired) electrons. The van der Waals surface area contributed by atoms with E-state index in [9.17, 15) is 0 Å². The lowest BCUT2D eigenvalue weighted by Gasteiger charge is -2.04. The Labute approximate surface area is 55.0 Å². The molecule has 1 saturated heterocycles. The molecular weight excluding hydrogens is 110 g/mol. The molecule has 0 aromatic rings. The van der Waals surface area contributed by atoms with E-state index in [-0.39, 0.29) is 0 Å². The van der Waals surface area contributed by atoms with Gasteiger partial charge in [0, 0.05) is 6.54 Å². The van der Waals surface area contributed by atoms with Gasteiger partial charge in [-0.25, -0.2) is 0 Å². The third kappa shape index (κ3) is 0.611. The van der Waals surface area contributed by atoms with Gasteiger partial charge in [0.25, 0.3) is 0 Å². The Kier molecular flexibility index (Phi) is 0.810. The van der Waals surface area contributed by atoms with Crippen LogP contribution in [0.3, 0.4) is 0 Å². The van der Waals surface area contributed by atoms with E-state index in [1.807, 2.05) is 6.20 Å². The maximum absolute atomic E-state index is 3.69. The zero-order valence-corrected chi connectivity index (χ0v) is 5.25. The molecule has 0 saturated carbocycles. The molecule has 1 aliphatic carbocycles. The monoisotopic (exact) mass is 119 g/mol. The maximum Gasteiger partial charge on any atom is 0.0712 e. The van der Waals surface area contributed by atoms with Crippen LogP contribution in [0, 0.1) is 0 Å². The van der Waals surface area contributed by atoms with Gasteiger partial charge in [-0.15, -0.1) is 0 Å². The second-order valence-electron chi connectivity index (χ2n) is 2.42. The molecule has 2 rings (SSSR count). The van der Waals surface area contributed by atoms with Crippen LogP contribution < -0.4 is 0 Å². The quantitative estimate of drug-likeness (QED) is 0.495. The smallest absolute Gasteiger partial charge is 0.0712 e. The van der Waals surface area contributed by atoms with Crippen molar-refractivity contribution in [3.63, 3.8) is 0 Å². The van der Waals surface area contributed by atoms with Crippen LogP contribution in [0.5, 0.6) is 0 Å². The molecule has 0 N–H and O–H groups in total. The summed E-state index contributed by atoms with van der Waals surface area (Å²) in [5.41, 5.74) is 1.45. The minimum atomic E-state index is 0.674. The average molecular weight is 119 g/mol. The minimum Gasteiger partial charge on any atom is -0.367 e. The van der Waals surface area contributed by atoms with E-state index in [2.05, 4.69) is 29.7 Å². The Morgan fingerprint density at radius 3 is 2.89 bits per heavy atom. The summed E-state index contributed by atoms with van der Waals surface area (Å²) >= 11 is 0. The van der Waals surface area contributed by atoms with Gasteiger partial charge in [0.05, 0.1) is 6.04 Å². The van der Waals surface area contributed by atoms with Crippen LogP contribution >= 0.6 is 0 Å². The summed E-state index contributed by atoms with van der Waals surface area (Å²) in [6.07, 6.45) is 8.30. The molecule has 0 amide bonds. The lowest BCUT2D eigenvalue weighted by atomic mass is 10.1. The molecule has 1 aliphatic heterocycles. The number of hydrogen-bond acceptors (Lipinski definition) is 1. The standard InChI is InChI=1S/C8H9N/c1-2-9-6-8(9)7-4-3-5-7/h2-5,8H,1,6H2. The van der Waals surface area contributed by atoms with Crippen LogP contribution in [0.25, 0.3) is 0 Å². The summed E-state index contributed by atoms with van der Waals surface area (Å²) in [6, 6.07) is 0.674. The molecule has 0 bridgehead atoms. The Balaban J connectivity index is 1.97. The summed E-state index contributed by atoms with van der Waals surface area (Å²) in [5.74, 6) is 0. The van der Waals surface area contributed by atoms with E-state index < -0.39 is 0 Å². The van der Waals surface area contributed by atoms with Crippen molar-refractivity contribution in [3.05, 3.63) is 36.6 Å². The molecule has 46 valence electrons. The van der Waals surface area contributed by atoms with Gasteiger partial charge < -0.3 is 4.90 Å². The van der Waals surface area contributed by atoms with Gasteiger partial charge in [-0.1, -0.05) is 24.8 Å². The Morgan fingerprint density at radius 2 is 2.56 bits per heavy atom. The first-order valence-electron chi connectivity index (χ1n) is 3.18. The summed E-state index contributed by atoms with van der Waals surface area (Å²) in [7, 11) is 0. The fourth-order valence-corrected chi connectivity index (χ4v) is 1.08. The molecule has 9 heavy (non-hydrogen) atoms. The van der Waals surface area contributed by atoms with Crippen molar-refractivity contribution in [3.8, 4) is 0 Å².